The SMILES string of the molecule is CC(C)COc1ccc(NC(=O)N2CCCN(c3ncccc3F)CC2)cn1. The first kappa shape index (κ1) is 19.9. The number of hydrogen-bond donors (Lipinski definition) is 1. The fourth-order valence-corrected chi connectivity index (χ4v) is 2.94. The first-order chi connectivity index (χ1) is 13.5. The molecule has 2 aromatic rings. The summed E-state index contributed by atoms with van der Waals surface area (Å²) in [6.45, 7) is 7.01. The van der Waals surface area contributed by atoms with Gasteiger partial charge in [-0.1, -0.05) is 13.8 Å². The molecule has 1 aliphatic heterocycles. The van der Waals surface area contributed by atoms with Crippen LogP contribution in [0.2, 0.25) is 0 Å². The molecule has 28 heavy (non-hydrogen) atoms. The number of hydrogen-bond acceptors (Lipinski definition) is 5. The van der Waals surface area contributed by atoms with Crippen molar-refractivity contribution >= 4 is 17.5 Å². The van der Waals surface area contributed by atoms with Crippen molar-refractivity contribution in [2.75, 3.05) is 43.0 Å². The van der Waals surface area contributed by atoms with E-state index < -0.39 is 0 Å². The predicted octanol–water partition coefficient (Wildman–Crippen LogP) is 3.39. The monoisotopic (exact) mass is 387 g/mol. The maximum absolute atomic E-state index is 14.0. The highest BCUT2D eigenvalue weighted by atomic mass is 19.1. The predicted molar refractivity (Wildman–Crippen MR) is 106 cm³/mol. The molecule has 3 heterocycles. The molecule has 0 aliphatic carbocycles. The molecule has 2 amide bonds. The number of carbonyl (C=O) groups excluding carboxylic acids is 1. The van der Waals surface area contributed by atoms with Gasteiger partial charge in [-0.15, -0.1) is 0 Å². The fourth-order valence-electron chi connectivity index (χ4n) is 2.94. The van der Waals surface area contributed by atoms with Crippen molar-refractivity contribution < 1.29 is 13.9 Å². The van der Waals surface area contributed by atoms with Gasteiger partial charge in [0.1, 0.15) is 0 Å². The number of halogens is 1. The zero-order chi connectivity index (χ0) is 19.9. The number of urea groups is 1. The van der Waals surface area contributed by atoms with E-state index >= 15 is 0 Å². The van der Waals surface area contributed by atoms with Crippen molar-refractivity contribution in [2.24, 2.45) is 5.92 Å². The zero-order valence-electron chi connectivity index (χ0n) is 16.3. The number of nitrogens with one attached hydrogen (secondary N) is 1. The lowest BCUT2D eigenvalue weighted by molar-refractivity contribution is 0.215. The number of pyridine rings is 2. The van der Waals surface area contributed by atoms with Gasteiger partial charge in [-0.2, -0.15) is 0 Å². The first-order valence-electron chi connectivity index (χ1n) is 9.53. The van der Waals surface area contributed by atoms with Crippen LogP contribution < -0.4 is 15.0 Å². The summed E-state index contributed by atoms with van der Waals surface area (Å²) in [5.41, 5.74) is 0.610. The molecule has 0 unspecified atom stereocenters. The second-order valence-electron chi connectivity index (χ2n) is 7.16. The summed E-state index contributed by atoms with van der Waals surface area (Å²) in [4.78, 5) is 24.5. The zero-order valence-corrected chi connectivity index (χ0v) is 16.3. The van der Waals surface area contributed by atoms with Crippen LogP contribution in [0.1, 0.15) is 20.3 Å². The average molecular weight is 387 g/mol. The van der Waals surface area contributed by atoms with Crippen LogP contribution in [-0.2, 0) is 0 Å². The lowest BCUT2D eigenvalue weighted by atomic mass is 10.2. The van der Waals surface area contributed by atoms with Gasteiger partial charge in [-0.25, -0.2) is 19.2 Å². The van der Waals surface area contributed by atoms with E-state index in [1.165, 1.54) is 6.07 Å². The van der Waals surface area contributed by atoms with Gasteiger partial charge in [-0.05, 0) is 30.5 Å². The van der Waals surface area contributed by atoms with Crippen LogP contribution >= 0.6 is 0 Å². The summed E-state index contributed by atoms with van der Waals surface area (Å²) in [5, 5.41) is 2.86. The van der Waals surface area contributed by atoms with Crippen molar-refractivity contribution in [3.05, 3.63) is 42.5 Å². The van der Waals surface area contributed by atoms with Gasteiger partial charge in [0.2, 0.25) is 5.88 Å². The van der Waals surface area contributed by atoms with Gasteiger partial charge in [0.15, 0.2) is 11.6 Å². The third kappa shape index (κ3) is 5.31. The van der Waals surface area contributed by atoms with Crippen molar-refractivity contribution in [3.63, 3.8) is 0 Å². The Labute approximate surface area is 164 Å². The summed E-state index contributed by atoms with van der Waals surface area (Å²) < 4.78 is 19.5. The van der Waals surface area contributed by atoms with Gasteiger partial charge in [0.25, 0.3) is 0 Å². The Balaban J connectivity index is 1.54. The lowest BCUT2D eigenvalue weighted by Gasteiger charge is -2.23. The smallest absolute Gasteiger partial charge is 0.321 e. The maximum Gasteiger partial charge on any atom is 0.321 e. The van der Waals surface area contributed by atoms with E-state index in [9.17, 15) is 9.18 Å². The number of rotatable bonds is 5. The van der Waals surface area contributed by atoms with Crippen molar-refractivity contribution in [3.8, 4) is 5.88 Å². The van der Waals surface area contributed by atoms with E-state index in [4.69, 9.17) is 4.74 Å². The number of nitrogens with zero attached hydrogens (tertiary/aromatic N) is 4. The van der Waals surface area contributed by atoms with E-state index in [-0.39, 0.29) is 11.8 Å². The van der Waals surface area contributed by atoms with Gasteiger partial charge in [-0.3, -0.25) is 0 Å². The molecule has 0 spiro atoms. The Bertz CT molecular complexity index is 784. The highest BCUT2D eigenvalue weighted by Crippen LogP contribution is 2.18. The number of anilines is 2. The molecular weight excluding hydrogens is 361 g/mol. The molecule has 7 nitrogen and oxygen atoms in total. The quantitative estimate of drug-likeness (QED) is 0.852. The average Bonchev–Trinajstić information content (AvgIpc) is 2.94. The largest absolute Gasteiger partial charge is 0.477 e. The Morgan fingerprint density at radius 1 is 1.21 bits per heavy atom. The highest BCUT2D eigenvalue weighted by Gasteiger charge is 2.21. The van der Waals surface area contributed by atoms with Crippen LogP contribution in [0.15, 0.2) is 36.7 Å². The van der Waals surface area contributed by atoms with Crippen LogP contribution in [0.4, 0.5) is 20.7 Å². The second kappa shape index (κ2) is 9.34. The minimum atomic E-state index is -0.341. The third-order valence-corrected chi connectivity index (χ3v) is 4.37. The molecule has 0 saturated carbocycles. The van der Waals surface area contributed by atoms with Crippen molar-refractivity contribution in [1.82, 2.24) is 14.9 Å². The minimum absolute atomic E-state index is 0.194. The van der Waals surface area contributed by atoms with Crippen LogP contribution in [0, 0.1) is 11.7 Å². The molecule has 1 aliphatic rings. The van der Waals surface area contributed by atoms with Crippen LogP contribution in [0.25, 0.3) is 0 Å². The summed E-state index contributed by atoms with van der Waals surface area (Å²) in [7, 11) is 0. The molecule has 0 aromatic carbocycles. The number of aromatic nitrogens is 2. The molecule has 0 atom stereocenters. The number of carbonyl (C=O) groups is 1. The Hall–Kier alpha value is -2.90. The molecule has 3 rings (SSSR count). The molecule has 8 heteroatoms. The molecule has 1 fully saturated rings. The molecule has 1 saturated heterocycles. The van der Waals surface area contributed by atoms with Crippen molar-refractivity contribution in [1.29, 1.82) is 0 Å². The number of amides is 2. The maximum atomic E-state index is 14.0. The Morgan fingerprint density at radius 3 is 2.79 bits per heavy atom. The molecule has 0 bridgehead atoms. The molecule has 2 aromatic heterocycles. The second-order valence-corrected chi connectivity index (χ2v) is 7.16. The van der Waals surface area contributed by atoms with E-state index in [0.717, 1.165) is 6.42 Å². The fraction of sp³-hybridized carbons (Fsp3) is 0.450. The molecule has 150 valence electrons. The van der Waals surface area contributed by atoms with E-state index in [1.54, 1.807) is 35.5 Å². The standard InChI is InChI=1S/C20H26FN5O2/c1-15(2)14-28-18-7-6-16(13-23-18)24-20(27)26-10-4-9-25(11-12-26)19-17(21)5-3-8-22-19/h3,5-8,13,15H,4,9-12,14H2,1-2H3,(H,24,27). The normalized spacial score (nSPS) is 14.7. The van der Waals surface area contributed by atoms with Crippen molar-refractivity contribution in [2.45, 2.75) is 20.3 Å². The first-order valence-corrected chi connectivity index (χ1v) is 9.53. The summed E-state index contributed by atoms with van der Waals surface area (Å²) >= 11 is 0. The number of ether oxygens (including phenoxy) is 1. The minimum Gasteiger partial charge on any atom is -0.477 e. The summed E-state index contributed by atoms with van der Waals surface area (Å²) in [5.74, 6) is 0.954. The van der Waals surface area contributed by atoms with Gasteiger partial charge < -0.3 is 19.9 Å². The molecule has 0 radical (unpaired) electrons. The van der Waals surface area contributed by atoms with E-state index in [2.05, 4.69) is 29.1 Å². The Kier molecular flexibility index (Phi) is 6.62. The Morgan fingerprint density at radius 2 is 2.07 bits per heavy atom. The lowest BCUT2D eigenvalue weighted by Crippen LogP contribution is -2.38. The molecule has 1 N–H and O–H groups in total. The summed E-state index contributed by atoms with van der Waals surface area (Å²) in [6.07, 6.45) is 3.90. The van der Waals surface area contributed by atoms with E-state index in [0.29, 0.717) is 56.1 Å². The van der Waals surface area contributed by atoms with Gasteiger partial charge >= 0.3 is 6.03 Å². The van der Waals surface area contributed by atoms with Gasteiger partial charge in [0, 0.05) is 38.4 Å². The van der Waals surface area contributed by atoms with Crippen LogP contribution in [0.3, 0.4) is 0 Å². The van der Waals surface area contributed by atoms with Gasteiger partial charge in [0.05, 0.1) is 18.5 Å². The van der Waals surface area contributed by atoms with Crippen LogP contribution in [-0.4, -0.2) is 53.7 Å². The third-order valence-electron chi connectivity index (χ3n) is 4.37. The van der Waals surface area contributed by atoms with E-state index in [1.807, 2.05) is 4.90 Å². The topological polar surface area (TPSA) is 70.6 Å². The highest BCUT2D eigenvalue weighted by molar-refractivity contribution is 5.89. The molecular formula is C20H26FN5O2. The van der Waals surface area contributed by atoms with Crippen LogP contribution in [0.5, 0.6) is 5.88 Å². The summed E-state index contributed by atoms with van der Waals surface area (Å²) in [6, 6.07) is 6.30.